The maximum atomic E-state index is 16.1. The molecule has 146 valence electrons. The third-order valence-electron chi connectivity index (χ3n) is 4.30. The summed E-state index contributed by atoms with van der Waals surface area (Å²) in [6.45, 7) is 3.99. The Morgan fingerprint density at radius 2 is 1.93 bits per heavy atom. The predicted molar refractivity (Wildman–Crippen MR) is 112 cm³/mol. The van der Waals surface area contributed by atoms with Gasteiger partial charge in [0.25, 0.3) is 0 Å². The number of anilines is 1. The highest BCUT2D eigenvalue weighted by atomic mass is 79.9. The molecule has 0 fully saturated rings. The maximum Gasteiger partial charge on any atom is 0.416 e. The van der Waals surface area contributed by atoms with Gasteiger partial charge in [0.15, 0.2) is 5.79 Å². The van der Waals surface area contributed by atoms with Crippen LogP contribution >= 0.6 is 27.5 Å². The Bertz CT molecular complexity index is 756. The molecule has 3 nitrogen and oxygen atoms in total. The van der Waals surface area contributed by atoms with Gasteiger partial charge in [0.2, 0.25) is 0 Å². The van der Waals surface area contributed by atoms with Crippen molar-refractivity contribution in [2.24, 2.45) is 0 Å². The third-order valence-corrected chi connectivity index (χ3v) is 5.05. The fourth-order valence-electron chi connectivity index (χ4n) is 2.76. The molecule has 0 radical (unpaired) electrons. The first kappa shape index (κ1) is 21.7. The molecule has 0 aliphatic carbocycles. The van der Waals surface area contributed by atoms with E-state index in [-0.39, 0.29) is 19.4 Å². The molecule has 1 atom stereocenters. The highest BCUT2D eigenvalue weighted by molar-refractivity contribution is 9.10. The third kappa shape index (κ3) is 5.94. The Morgan fingerprint density at radius 1 is 1.22 bits per heavy atom. The normalized spacial score (nSPS) is 13.1. The number of carbonyl (C=O) groups excluding carboxylic acids is 1. The zero-order chi connectivity index (χ0) is 19.9. The number of hydrogen-bond donors (Lipinski definition) is 0. The van der Waals surface area contributed by atoms with Crippen molar-refractivity contribution < 1.29 is 13.9 Å². The van der Waals surface area contributed by atoms with E-state index in [1.807, 2.05) is 13.0 Å². The van der Waals surface area contributed by atoms with Gasteiger partial charge in [-0.25, -0.2) is 14.1 Å². The molecular weight excluding hydrogens is 433 g/mol. The van der Waals surface area contributed by atoms with Gasteiger partial charge in [-0.3, -0.25) is 0 Å². The van der Waals surface area contributed by atoms with E-state index in [1.165, 1.54) is 0 Å². The van der Waals surface area contributed by atoms with Crippen LogP contribution in [0.2, 0.25) is 5.02 Å². The molecular formula is C21H24BrClFNO2. The Labute approximate surface area is 173 Å². The molecule has 0 saturated carbocycles. The summed E-state index contributed by atoms with van der Waals surface area (Å²) in [5, 5.41) is 0.586. The molecule has 0 N–H and O–H groups in total. The minimum atomic E-state index is -1.93. The Kier molecular flexibility index (Phi) is 8.11. The summed E-state index contributed by atoms with van der Waals surface area (Å²) >= 11 is 9.32. The molecule has 0 spiro atoms. The zero-order valence-corrected chi connectivity index (χ0v) is 17.9. The Morgan fingerprint density at radius 3 is 2.52 bits per heavy atom. The van der Waals surface area contributed by atoms with Crippen LogP contribution in [-0.2, 0) is 11.2 Å². The minimum Gasteiger partial charge on any atom is -0.449 e. The van der Waals surface area contributed by atoms with Gasteiger partial charge in [-0.1, -0.05) is 66.0 Å². The van der Waals surface area contributed by atoms with Crippen LogP contribution in [0.5, 0.6) is 0 Å². The molecule has 2 aromatic carbocycles. The molecule has 0 aliphatic heterocycles. The van der Waals surface area contributed by atoms with Gasteiger partial charge in [0.1, 0.15) is 0 Å². The van der Waals surface area contributed by atoms with Crippen molar-refractivity contribution in [1.29, 1.82) is 0 Å². The number of carbonyl (C=O) groups is 1. The first-order valence-electron chi connectivity index (χ1n) is 9.05. The molecule has 0 bridgehead atoms. The molecule has 0 saturated heterocycles. The molecule has 6 heteroatoms. The van der Waals surface area contributed by atoms with Crippen LogP contribution in [0.4, 0.5) is 14.9 Å². The molecule has 0 aliphatic rings. The Hall–Kier alpha value is -1.59. The summed E-state index contributed by atoms with van der Waals surface area (Å²) < 4.78 is 22.2. The maximum absolute atomic E-state index is 16.1. The van der Waals surface area contributed by atoms with Gasteiger partial charge in [0.05, 0.1) is 12.3 Å². The number of alkyl halides is 1. The lowest BCUT2D eigenvalue weighted by Gasteiger charge is -2.36. The van der Waals surface area contributed by atoms with Crippen molar-refractivity contribution in [3.05, 3.63) is 63.6 Å². The average molecular weight is 457 g/mol. The largest absolute Gasteiger partial charge is 0.449 e. The van der Waals surface area contributed by atoms with Gasteiger partial charge in [-0.15, -0.1) is 0 Å². The van der Waals surface area contributed by atoms with Gasteiger partial charge in [-0.05, 0) is 48.7 Å². The molecule has 1 unspecified atom stereocenters. The SMILES string of the molecule is CCCCOC(=O)N(c1cccc(Br)c1)C(F)(CC)Cc1ccc(Cl)cc1. The van der Waals surface area contributed by atoms with Crippen molar-refractivity contribution >= 4 is 39.3 Å². The highest BCUT2D eigenvalue weighted by Crippen LogP contribution is 2.34. The Balaban J connectivity index is 2.38. The summed E-state index contributed by atoms with van der Waals surface area (Å²) in [6.07, 6.45) is 1.10. The standard InChI is InChI=1S/C21H24BrClFNO2/c1-3-5-13-27-20(26)25(19-8-6-7-17(22)14-19)21(24,4-2)15-16-9-11-18(23)12-10-16/h6-12,14H,3-5,13,15H2,1-2H3. The number of ether oxygens (including phenoxy) is 1. The number of hydrogen-bond acceptors (Lipinski definition) is 2. The molecule has 2 rings (SSSR count). The van der Waals surface area contributed by atoms with E-state index in [2.05, 4.69) is 15.9 Å². The average Bonchev–Trinajstić information content (AvgIpc) is 2.64. The fourth-order valence-corrected chi connectivity index (χ4v) is 3.27. The topological polar surface area (TPSA) is 29.5 Å². The van der Waals surface area contributed by atoms with Crippen molar-refractivity contribution in [3.8, 4) is 0 Å². The van der Waals surface area contributed by atoms with Crippen molar-refractivity contribution in [2.75, 3.05) is 11.5 Å². The summed E-state index contributed by atoms with van der Waals surface area (Å²) in [5.74, 6) is -1.93. The van der Waals surface area contributed by atoms with Crippen LogP contribution in [0.1, 0.15) is 38.7 Å². The summed E-state index contributed by atoms with van der Waals surface area (Å²) in [5.41, 5.74) is 1.20. The number of halogens is 3. The lowest BCUT2D eigenvalue weighted by Crippen LogP contribution is -2.50. The van der Waals surface area contributed by atoms with Gasteiger partial charge in [-0.2, -0.15) is 0 Å². The van der Waals surface area contributed by atoms with E-state index in [9.17, 15) is 4.79 Å². The van der Waals surface area contributed by atoms with Crippen molar-refractivity contribution in [3.63, 3.8) is 0 Å². The first-order chi connectivity index (χ1) is 12.9. The van der Waals surface area contributed by atoms with Crippen LogP contribution < -0.4 is 4.90 Å². The number of unbranched alkanes of at least 4 members (excludes halogenated alkanes) is 1. The van der Waals surface area contributed by atoms with Crippen LogP contribution in [0.3, 0.4) is 0 Å². The summed E-state index contributed by atoms with van der Waals surface area (Å²) in [7, 11) is 0. The molecule has 2 aromatic rings. The van der Waals surface area contributed by atoms with E-state index in [1.54, 1.807) is 49.4 Å². The van der Waals surface area contributed by atoms with E-state index < -0.39 is 11.9 Å². The second-order valence-electron chi connectivity index (χ2n) is 6.36. The van der Waals surface area contributed by atoms with Gasteiger partial charge >= 0.3 is 6.09 Å². The van der Waals surface area contributed by atoms with E-state index in [0.29, 0.717) is 10.7 Å². The smallest absolute Gasteiger partial charge is 0.416 e. The van der Waals surface area contributed by atoms with Crippen LogP contribution in [0.15, 0.2) is 53.0 Å². The number of amides is 1. The van der Waals surface area contributed by atoms with Crippen molar-refractivity contribution in [1.82, 2.24) is 0 Å². The monoisotopic (exact) mass is 455 g/mol. The zero-order valence-electron chi connectivity index (χ0n) is 15.6. The van der Waals surface area contributed by atoms with Crippen LogP contribution in [-0.4, -0.2) is 18.5 Å². The lowest BCUT2D eigenvalue weighted by molar-refractivity contribution is 0.107. The lowest BCUT2D eigenvalue weighted by atomic mass is 9.99. The quantitative estimate of drug-likeness (QED) is 0.311. The van der Waals surface area contributed by atoms with Crippen molar-refractivity contribution in [2.45, 2.75) is 45.3 Å². The van der Waals surface area contributed by atoms with E-state index >= 15 is 4.39 Å². The summed E-state index contributed by atoms with van der Waals surface area (Å²) in [6, 6.07) is 14.0. The van der Waals surface area contributed by atoms with E-state index in [4.69, 9.17) is 16.3 Å². The molecule has 1 amide bonds. The predicted octanol–water partition coefficient (Wildman–Crippen LogP) is 7.16. The molecule has 0 heterocycles. The summed E-state index contributed by atoms with van der Waals surface area (Å²) in [4.78, 5) is 13.9. The fraction of sp³-hybridized carbons (Fsp3) is 0.381. The molecule has 0 aromatic heterocycles. The number of benzene rings is 2. The van der Waals surface area contributed by atoms with Gasteiger partial charge in [0, 0.05) is 15.9 Å². The van der Waals surface area contributed by atoms with Crippen LogP contribution in [0, 0.1) is 0 Å². The van der Waals surface area contributed by atoms with Crippen LogP contribution in [0.25, 0.3) is 0 Å². The highest BCUT2D eigenvalue weighted by Gasteiger charge is 2.41. The first-order valence-corrected chi connectivity index (χ1v) is 10.2. The second kappa shape index (κ2) is 10.1. The second-order valence-corrected chi connectivity index (χ2v) is 7.71. The number of nitrogens with zero attached hydrogens (tertiary/aromatic N) is 1. The van der Waals surface area contributed by atoms with E-state index in [0.717, 1.165) is 27.8 Å². The molecule has 27 heavy (non-hydrogen) atoms. The van der Waals surface area contributed by atoms with Gasteiger partial charge < -0.3 is 4.74 Å². The minimum absolute atomic E-state index is 0.0378. The number of rotatable bonds is 8.